The number of nitrogens with zero attached hydrogens (tertiary/aromatic N) is 2. The van der Waals surface area contributed by atoms with Gasteiger partial charge in [-0.2, -0.15) is 0 Å². The number of Topliss-reactive ketones (excluding diaryl/α,β-unsaturated/α-hetero) is 1. The topological polar surface area (TPSA) is 57.7 Å². The van der Waals surface area contributed by atoms with E-state index in [4.69, 9.17) is 23.8 Å². The summed E-state index contributed by atoms with van der Waals surface area (Å²) in [5, 5.41) is 0.00558. The largest absolute Gasteiger partial charge is 0.297 e. The van der Waals surface area contributed by atoms with Gasteiger partial charge in [-0.3, -0.25) is 24.2 Å². The molecule has 25 heavy (non-hydrogen) atoms. The van der Waals surface area contributed by atoms with Gasteiger partial charge in [0, 0.05) is 0 Å². The van der Waals surface area contributed by atoms with Crippen LogP contribution in [0.15, 0.2) is 60.7 Å². The summed E-state index contributed by atoms with van der Waals surface area (Å²) in [6, 6.07) is 17.3. The third-order valence-electron chi connectivity index (χ3n) is 3.80. The van der Waals surface area contributed by atoms with Crippen molar-refractivity contribution >= 4 is 57.9 Å². The Balaban J connectivity index is 2.13. The zero-order chi connectivity index (χ0) is 18.0. The van der Waals surface area contributed by atoms with Crippen LogP contribution in [0.25, 0.3) is 0 Å². The number of benzene rings is 2. The van der Waals surface area contributed by atoms with Gasteiger partial charge in [-0.25, -0.2) is 0 Å². The SMILES string of the molecule is O=C(CCl)C1C(=O)N(c2ccccc2)C(=S)N(c2ccccc2)C1=O. The molecular formula is C18H13ClN2O3S. The molecule has 1 aliphatic rings. The highest BCUT2D eigenvalue weighted by atomic mass is 35.5. The number of hydrogen-bond donors (Lipinski definition) is 0. The van der Waals surface area contributed by atoms with Crippen LogP contribution in [0.1, 0.15) is 0 Å². The molecule has 0 spiro atoms. The summed E-state index contributed by atoms with van der Waals surface area (Å²) in [6.07, 6.45) is 0. The molecule has 0 saturated carbocycles. The fourth-order valence-electron chi connectivity index (χ4n) is 2.63. The average Bonchev–Trinajstić information content (AvgIpc) is 2.63. The minimum atomic E-state index is -1.51. The first kappa shape index (κ1) is 17.3. The van der Waals surface area contributed by atoms with Crippen molar-refractivity contribution in [1.82, 2.24) is 0 Å². The molecule has 2 aromatic carbocycles. The van der Waals surface area contributed by atoms with Gasteiger partial charge in [0.05, 0.1) is 17.3 Å². The Labute approximate surface area is 154 Å². The van der Waals surface area contributed by atoms with Crippen molar-refractivity contribution in [3.05, 3.63) is 60.7 Å². The van der Waals surface area contributed by atoms with Gasteiger partial charge in [-0.05, 0) is 36.5 Å². The molecule has 0 N–H and O–H groups in total. The molecule has 7 heteroatoms. The maximum absolute atomic E-state index is 12.8. The summed E-state index contributed by atoms with van der Waals surface area (Å²) in [6.45, 7) is 0. The number of thiocarbonyl (C=S) groups is 1. The van der Waals surface area contributed by atoms with E-state index in [9.17, 15) is 14.4 Å². The van der Waals surface area contributed by atoms with Crippen LogP contribution in [0.4, 0.5) is 11.4 Å². The van der Waals surface area contributed by atoms with Gasteiger partial charge in [0.15, 0.2) is 16.8 Å². The second-order valence-electron chi connectivity index (χ2n) is 5.33. The molecule has 1 saturated heterocycles. The Morgan fingerprint density at radius 3 is 1.64 bits per heavy atom. The van der Waals surface area contributed by atoms with Crippen molar-refractivity contribution in [3.8, 4) is 0 Å². The molecule has 0 aliphatic carbocycles. The summed E-state index contributed by atoms with van der Waals surface area (Å²) in [5.41, 5.74) is 0.969. The number of halogens is 1. The summed E-state index contributed by atoms with van der Waals surface area (Å²) < 4.78 is 0. The monoisotopic (exact) mass is 372 g/mol. The van der Waals surface area contributed by atoms with Gasteiger partial charge in [0.25, 0.3) is 11.8 Å². The molecule has 126 valence electrons. The Morgan fingerprint density at radius 2 is 1.28 bits per heavy atom. The van der Waals surface area contributed by atoms with Crippen LogP contribution in [0.3, 0.4) is 0 Å². The summed E-state index contributed by atoms with van der Waals surface area (Å²) in [4.78, 5) is 40.3. The normalized spacial score (nSPS) is 15.6. The quantitative estimate of drug-likeness (QED) is 0.470. The zero-order valence-electron chi connectivity index (χ0n) is 13.0. The van der Waals surface area contributed by atoms with Crippen LogP contribution in [0.5, 0.6) is 0 Å². The first-order valence-corrected chi connectivity index (χ1v) is 8.41. The van der Waals surface area contributed by atoms with Gasteiger partial charge >= 0.3 is 0 Å². The summed E-state index contributed by atoms with van der Waals surface area (Å²) in [7, 11) is 0. The minimum Gasteiger partial charge on any atom is -0.297 e. The lowest BCUT2D eigenvalue weighted by Crippen LogP contribution is -2.62. The Bertz CT molecular complexity index is 780. The van der Waals surface area contributed by atoms with Crippen LogP contribution >= 0.6 is 23.8 Å². The number of carbonyl (C=O) groups is 3. The van der Waals surface area contributed by atoms with E-state index in [0.29, 0.717) is 11.4 Å². The van der Waals surface area contributed by atoms with E-state index in [1.807, 2.05) is 0 Å². The smallest absolute Gasteiger partial charge is 0.253 e. The van der Waals surface area contributed by atoms with Gasteiger partial charge in [0.2, 0.25) is 0 Å². The Morgan fingerprint density at radius 1 is 0.880 bits per heavy atom. The van der Waals surface area contributed by atoms with E-state index in [1.165, 1.54) is 9.80 Å². The molecule has 2 aromatic rings. The molecule has 0 radical (unpaired) electrons. The predicted molar refractivity (Wildman–Crippen MR) is 99.7 cm³/mol. The molecular weight excluding hydrogens is 360 g/mol. The highest BCUT2D eigenvalue weighted by molar-refractivity contribution is 7.81. The van der Waals surface area contributed by atoms with Crippen LogP contribution in [0, 0.1) is 5.92 Å². The lowest BCUT2D eigenvalue weighted by Gasteiger charge is -2.38. The standard InChI is InChI=1S/C18H13ClN2O3S/c19-11-14(22)15-16(23)20(12-7-3-1-4-8-12)18(25)21(17(15)24)13-9-5-2-6-10-13/h1-10,15H,11H2. The van der Waals surface area contributed by atoms with E-state index < -0.39 is 29.4 Å². The third kappa shape index (κ3) is 3.06. The lowest BCUT2D eigenvalue weighted by molar-refractivity contribution is -0.138. The van der Waals surface area contributed by atoms with E-state index >= 15 is 0 Å². The maximum Gasteiger partial charge on any atom is 0.253 e. The van der Waals surface area contributed by atoms with Crippen LogP contribution < -0.4 is 9.80 Å². The number of rotatable bonds is 4. The number of para-hydroxylation sites is 2. The van der Waals surface area contributed by atoms with Gasteiger partial charge in [-0.15, -0.1) is 11.6 Å². The second kappa shape index (κ2) is 7.13. The average molecular weight is 373 g/mol. The molecule has 5 nitrogen and oxygen atoms in total. The number of ketones is 1. The second-order valence-corrected chi connectivity index (χ2v) is 5.97. The minimum absolute atomic E-state index is 0.00558. The molecule has 0 unspecified atom stereocenters. The van der Waals surface area contributed by atoms with Gasteiger partial charge in [0.1, 0.15) is 0 Å². The highest BCUT2D eigenvalue weighted by Gasteiger charge is 2.48. The number of hydrogen-bond acceptors (Lipinski definition) is 4. The Kier molecular flexibility index (Phi) is 4.92. The predicted octanol–water partition coefficient (Wildman–Crippen LogP) is 2.78. The van der Waals surface area contributed by atoms with Gasteiger partial charge < -0.3 is 0 Å². The van der Waals surface area contributed by atoms with Crippen molar-refractivity contribution in [3.63, 3.8) is 0 Å². The molecule has 0 aromatic heterocycles. The van der Waals surface area contributed by atoms with E-state index in [1.54, 1.807) is 60.7 Å². The molecule has 3 rings (SSSR count). The molecule has 1 aliphatic heterocycles. The molecule has 1 heterocycles. The molecule has 0 atom stereocenters. The summed E-state index contributed by atoms with van der Waals surface area (Å²) in [5.74, 6) is -3.95. The van der Waals surface area contributed by atoms with Crippen LogP contribution in [-0.2, 0) is 14.4 Å². The number of alkyl halides is 1. The van der Waals surface area contributed by atoms with Crippen molar-refractivity contribution < 1.29 is 14.4 Å². The molecule has 0 bridgehead atoms. The Hall–Kier alpha value is -2.57. The first-order chi connectivity index (χ1) is 12.1. The molecule has 2 amide bonds. The van der Waals surface area contributed by atoms with Crippen molar-refractivity contribution in [2.75, 3.05) is 15.7 Å². The van der Waals surface area contributed by atoms with E-state index in [2.05, 4.69) is 0 Å². The fraction of sp³-hybridized carbons (Fsp3) is 0.111. The van der Waals surface area contributed by atoms with Crippen LogP contribution in [-0.4, -0.2) is 28.6 Å². The number of amides is 2. The zero-order valence-corrected chi connectivity index (χ0v) is 14.5. The van der Waals surface area contributed by atoms with Crippen LogP contribution in [0.2, 0.25) is 0 Å². The number of anilines is 2. The van der Waals surface area contributed by atoms with Crippen molar-refractivity contribution in [1.29, 1.82) is 0 Å². The highest BCUT2D eigenvalue weighted by Crippen LogP contribution is 2.29. The van der Waals surface area contributed by atoms with Crippen molar-refractivity contribution in [2.45, 2.75) is 0 Å². The van der Waals surface area contributed by atoms with Gasteiger partial charge in [-0.1, -0.05) is 36.4 Å². The fourth-order valence-corrected chi connectivity index (χ4v) is 3.18. The molecule has 1 fully saturated rings. The van der Waals surface area contributed by atoms with Crippen molar-refractivity contribution in [2.24, 2.45) is 5.92 Å². The first-order valence-electron chi connectivity index (χ1n) is 7.47. The van der Waals surface area contributed by atoms with E-state index in [-0.39, 0.29) is 5.11 Å². The maximum atomic E-state index is 12.8. The van der Waals surface area contributed by atoms with E-state index in [0.717, 1.165) is 0 Å². The third-order valence-corrected chi connectivity index (χ3v) is 4.43. The summed E-state index contributed by atoms with van der Waals surface area (Å²) >= 11 is 11.0. The number of carbonyl (C=O) groups excluding carboxylic acids is 3. The lowest BCUT2D eigenvalue weighted by atomic mass is 9.98.